The third kappa shape index (κ3) is 2.33. The average molecular weight is 187 g/mol. The van der Waals surface area contributed by atoms with Crippen LogP contribution < -0.4 is 0 Å². The highest BCUT2D eigenvalue weighted by Gasteiger charge is 2.40. The van der Waals surface area contributed by atoms with Crippen LogP contribution in [0.1, 0.15) is 34.6 Å². The summed E-state index contributed by atoms with van der Waals surface area (Å²) < 4.78 is 0. The lowest BCUT2D eigenvalue weighted by molar-refractivity contribution is 0.209. The Morgan fingerprint density at radius 1 is 1.08 bits per heavy atom. The topological polar surface area (TPSA) is 19.9 Å². The van der Waals surface area contributed by atoms with Gasteiger partial charge >= 0.3 is 0 Å². The van der Waals surface area contributed by atoms with Crippen LogP contribution in [0.3, 0.4) is 0 Å². The van der Waals surface area contributed by atoms with Gasteiger partial charge in [0.15, 0.2) is 0 Å². The molecule has 0 aromatic rings. The summed E-state index contributed by atoms with van der Waals surface area (Å²) in [5.41, 5.74) is 0. The van der Waals surface area contributed by atoms with E-state index in [0.29, 0.717) is 5.04 Å². The fourth-order valence-electron chi connectivity index (χ4n) is 2.23. The molecule has 1 radical (unpaired) electrons. The van der Waals surface area contributed by atoms with Gasteiger partial charge in [-0.2, -0.15) is 0 Å². The summed E-state index contributed by atoms with van der Waals surface area (Å²) in [5.74, 6) is 0. The second-order valence-electron chi connectivity index (χ2n) is 4.69. The molecule has 0 N–H and O–H groups in total. The van der Waals surface area contributed by atoms with Gasteiger partial charge in [-0.05, 0) is 11.1 Å². The van der Waals surface area contributed by atoms with Crippen LogP contribution in [0.2, 0.25) is 23.2 Å². The highest BCUT2D eigenvalue weighted by molar-refractivity contribution is 6.82. The molecule has 0 amide bonds. The second-order valence-corrected chi connectivity index (χ2v) is 10.7. The van der Waals surface area contributed by atoms with Crippen molar-refractivity contribution < 1.29 is 5.11 Å². The van der Waals surface area contributed by atoms with Crippen LogP contribution in [0.15, 0.2) is 0 Å². The lowest BCUT2D eigenvalue weighted by atomic mass is 10.2. The minimum absolute atomic E-state index is 0.130. The molecule has 0 heterocycles. The molecule has 12 heavy (non-hydrogen) atoms. The number of hydrogen-bond acceptors (Lipinski definition) is 0. The molecule has 0 aromatic heterocycles. The second kappa shape index (κ2) is 4.42. The van der Waals surface area contributed by atoms with Gasteiger partial charge in [0.2, 0.25) is 0 Å². The van der Waals surface area contributed by atoms with E-state index in [9.17, 15) is 5.11 Å². The molecule has 0 aromatic carbocycles. The van der Waals surface area contributed by atoms with E-state index >= 15 is 0 Å². The first-order chi connectivity index (χ1) is 5.43. The van der Waals surface area contributed by atoms with Crippen LogP contribution in [0.25, 0.3) is 0 Å². The fourth-order valence-corrected chi connectivity index (χ4v) is 6.70. The molecule has 0 saturated carbocycles. The van der Waals surface area contributed by atoms with Gasteiger partial charge in [0, 0.05) is 0 Å². The summed E-state index contributed by atoms with van der Waals surface area (Å²) in [4.78, 5) is 0. The molecule has 0 bridgehead atoms. The van der Waals surface area contributed by atoms with E-state index in [4.69, 9.17) is 0 Å². The minimum atomic E-state index is -1.26. The molecule has 0 atom stereocenters. The number of hydrogen-bond donors (Lipinski definition) is 0. The molecule has 2 heteroatoms. The molecule has 0 rings (SSSR count). The first-order valence-corrected chi connectivity index (χ1v) is 7.63. The summed E-state index contributed by atoms with van der Waals surface area (Å²) in [5, 5.41) is 11.1. The van der Waals surface area contributed by atoms with E-state index in [2.05, 4.69) is 34.6 Å². The van der Waals surface area contributed by atoms with Gasteiger partial charge < -0.3 is 0 Å². The summed E-state index contributed by atoms with van der Waals surface area (Å²) in [6.45, 7) is 11.6. The standard InChI is InChI=1S/C10H23OSi/c1-6-12(7-2,9-8-11)10(3,4)5/h6-9H2,1-5H3. The molecule has 0 saturated heterocycles. The molecule has 1 nitrogen and oxygen atoms in total. The normalized spacial score (nSPS) is 13.5. The van der Waals surface area contributed by atoms with Crippen LogP contribution in [-0.4, -0.2) is 14.7 Å². The van der Waals surface area contributed by atoms with Gasteiger partial charge in [-0.25, -0.2) is 5.11 Å². The molecule has 0 unspecified atom stereocenters. The van der Waals surface area contributed by atoms with E-state index < -0.39 is 8.07 Å². The molecule has 0 aliphatic rings. The Hall–Kier alpha value is 0.177. The molecular weight excluding hydrogens is 164 g/mol. The van der Waals surface area contributed by atoms with E-state index in [1.807, 2.05) is 0 Å². The van der Waals surface area contributed by atoms with Crippen molar-refractivity contribution in [3.05, 3.63) is 0 Å². The monoisotopic (exact) mass is 187 g/mol. The summed E-state index contributed by atoms with van der Waals surface area (Å²) in [6, 6.07) is 3.48. The van der Waals surface area contributed by atoms with Gasteiger partial charge in [0.25, 0.3) is 0 Å². The zero-order valence-electron chi connectivity index (χ0n) is 9.24. The Kier molecular flexibility index (Phi) is 4.49. The number of rotatable bonds is 4. The van der Waals surface area contributed by atoms with Gasteiger partial charge in [-0.1, -0.05) is 46.7 Å². The van der Waals surface area contributed by atoms with E-state index in [-0.39, 0.29) is 6.61 Å². The summed E-state index contributed by atoms with van der Waals surface area (Å²) in [6.07, 6.45) is 0. The van der Waals surface area contributed by atoms with Gasteiger partial charge in [-0.3, -0.25) is 0 Å². The van der Waals surface area contributed by atoms with Crippen molar-refractivity contribution in [3.63, 3.8) is 0 Å². The minimum Gasteiger partial charge on any atom is -0.237 e. The third-order valence-corrected chi connectivity index (χ3v) is 10.6. The van der Waals surface area contributed by atoms with Crippen molar-refractivity contribution in [2.75, 3.05) is 6.61 Å². The van der Waals surface area contributed by atoms with Gasteiger partial charge in [0.1, 0.15) is 0 Å². The molecule has 0 aliphatic heterocycles. The van der Waals surface area contributed by atoms with Crippen molar-refractivity contribution in [1.29, 1.82) is 0 Å². The van der Waals surface area contributed by atoms with Crippen molar-refractivity contribution in [3.8, 4) is 0 Å². The smallest absolute Gasteiger partial charge is 0.0799 e. The fraction of sp³-hybridized carbons (Fsp3) is 1.00. The Morgan fingerprint density at radius 2 is 1.50 bits per heavy atom. The van der Waals surface area contributed by atoms with Crippen molar-refractivity contribution in [2.45, 2.75) is 57.8 Å². The van der Waals surface area contributed by atoms with E-state index in [1.54, 1.807) is 0 Å². The maximum atomic E-state index is 10.7. The first kappa shape index (κ1) is 12.2. The molecule has 0 aliphatic carbocycles. The Bertz CT molecular complexity index is 122. The van der Waals surface area contributed by atoms with Crippen LogP contribution in [0, 0.1) is 0 Å². The van der Waals surface area contributed by atoms with Crippen molar-refractivity contribution in [2.24, 2.45) is 0 Å². The quantitative estimate of drug-likeness (QED) is 0.598. The predicted octanol–water partition coefficient (Wildman–Crippen LogP) is 3.71. The SMILES string of the molecule is CC[Si](CC)(CC[O])C(C)(C)C. The van der Waals surface area contributed by atoms with Crippen LogP contribution >= 0.6 is 0 Å². The van der Waals surface area contributed by atoms with Crippen LogP contribution in [0.4, 0.5) is 0 Å². The van der Waals surface area contributed by atoms with Crippen molar-refractivity contribution >= 4 is 8.07 Å². The summed E-state index contributed by atoms with van der Waals surface area (Å²) in [7, 11) is -1.26. The Labute approximate surface area is 78.2 Å². The first-order valence-electron chi connectivity index (χ1n) is 5.01. The zero-order valence-corrected chi connectivity index (χ0v) is 10.2. The molecule has 0 fully saturated rings. The lowest BCUT2D eigenvalue weighted by Crippen LogP contribution is -2.43. The summed E-state index contributed by atoms with van der Waals surface area (Å²) >= 11 is 0. The molecule has 0 spiro atoms. The highest BCUT2D eigenvalue weighted by Crippen LogP contribution is 2.43. The maximum Gasteiger partial charge on any atom is 0.0799 e. The molecular formula is C10H23OSi. The van der Waals surface area contributed by atoms with Crippen molar-refractivity contribution in [1.82, 2.24) is 0 Å². The predicted molar refractivity (Wildman–Crippen MR) is 56.8 cm³/mol. The third-order valence-electron chi connectivity index (χ3n) is 3.53. The van der Waals surface area contributed by atoms with Gasteiger partial charge in [0.05, 0.1) is 14.7 Å². The van der Waals surface area contributed by atoms with Crippen LogP contribution in [0.5, 0.6) is 0 Å². The Morgan fingerprint density at radius 3 is 1.58 bits per heavy atom. The largest absolute Gasteiger partial charge is 0.237 e. The zero-order chi connectivity index (χ0) is 9.83. The van der Waals surface area contributed by atoms with Gasteiger partial charge in [-0.15, -0.1) is 0 Å². The van der Waals surface area contributed by atoms with Crippen LogP contribution in [-0.2, 0) is 5.11 Å². The van der Waals surface area contributed by atoms with E-state index in [0.717, 1.165) is 6.04 Å². The van der Waals surface area contributed by atoms with E-state index in [1.165, 1.54) is 12.1 Å². The molecule has 73 valence electrons. The highest BCUT2D eigenvalue weighted by atomic mass is 28.3. The average Bonchev–Trinajstić information content (AvgIpc) is 1.98. The lowest BCUT2D eigenvalue weighted by Gasteiger charge is -2.41. The maximum absolute atomic E-state index is 10.7. The Balaban J connectivity index is 4.57.